The summed E-state index contributed by atoms with van der Waals surface area (Å²) in [6, 6.07) is 2.76. The monoisotopic (exact) mass is 247 g/mol. The van der Waals surface area contributed by atoms with Crippen molar-refractivity contribution in [1.29, 1.82) is 0 Å². The van der Waals surface area contributed by atoms with Gasteiger partial charge in [-0.15, -0.1) is 0 Å². The molecule has 100 valence electrons. The van der Waals surface area contributed by atoms with E-state index in [4.69, 9.17) is 0 Å². The van der Waals surface area contributed by atoms with Gasteiger partial charge in [-0.1, -0.05) is 26.7 Å². The molecule has 1 fully saturated rings. The number of hydrogen-bond donors (Lipinski definition) is 2. The molecule has 0 radical (unpaired) electrons. The van der Waals surface area contributed by atoms with Gasteiger partial charge in [0.1, 0.15) is 0 Å². The molecule has 1 heterocycles. The highest BCUT2D eigenvalue weighted by Crippen LogP contribution is 2.34. The minimum Gasteiger partial charge on any atom is -0.384 e. The fraction of sp³-hybridized carbons (Fsp3) is 0.667. The second-order valence-corrected chi connectivity index (χ2v) is 5.32. The summed E-state index contributed by atoms with van der Waals surface area (Å²) in [5.74, 6) is 0.969. The first kappa shape index (κ1) is 13.2. The van der Waals surface area contributed by atoms with E-state index in [9.17, 15) is 0 Å². The Morgan fingerprint density at radius 1 is 1.28 bits per heavy atom. The zero-order valence-electron chi connectivity index (χ0n) is 11.6. The van der Waals surface area contributed by atoms with Gasteiger partial charge in [-0.05, 0) is 31.2 Å². The van der Waals surface area contributed by atoms with Crippen LogP contribution in [0.5, 0.6) is 0 Å². The SMILES string of the molecule is CCCNc1cncc(NC(CC)CC2CC2)c1. The second kappa shape index (κ2) is 6.62. The molecule has 2 N–H and O–H groups in total. The van der Waals surface area contributed by atoms with Crippen LogP contribution >= 0.6 is 0 Å². The molecule has 1 unspecified atom stereocenters. The van der Waals surface area contributed by atoms with Crippen LogP contribution in [0.15, 0.2) is 18.5 Å². The molecule has 0 spiro atoms. The molecule has 0 amide bonds. The summed E-state index contributed by atoms with van der Waals surface area (Å²) in [7, 11) is 0. The molecule has 1 aliphatic carbocycles. The lowest BCUT2D eigenvalue weighted by Crippen LogP contribution is -2.19. The van der Waals surface area contributed by atoms with E-state index in [0.29, 0.717) is 6.04 Å². The van der Waals surface area contributed by atoms with Crippen molar-refractivity contribution in [1.82, 2.24) is 4.98 Å². The average molecular weight is 247 g/mol. The van der Waals surface area contributed by atoms with Crippen molar-refractivity contribution in [2.24, 2.45) is 5.92 Å². The third-order valence-corrected chi connectivity index (χ3v) is 3.50. The highest BCUT2D eigenvalue weighted by atomic mass is 14.9. The summed E-state index contributed by atoms with van der Waals surface area (Å²) in [5, 5.41) is 6.99. The number of aromatic nitrogens is 1. The van der Waals surface area contributed by atoms with Crippen LogP contribution in [0.4, 0.5) is 11.4 Å². The Bertz CT molecular complexity index is 361. The maximum absolute atomic E-state index is 4.29. The largest absolute Gasteiger partial charge is 0.384 e. The van der Waals surface area contributed by atoms with Crippen LogP contribution < -0.4 is 10.6 Å². The van der Waals surface area contributed by atoms with Crippen LogP contribution in [0.3, 0.4) is 0 Å². The van der Waals surface area contributed by atoms with Gasteiger partial charge in [0, 0.05) is 12.6 Å². The third-order valence-electron chi connectivity index (χ3n) is 3.50. The Hall–Kier alpha value is -1.25. The highest BCUT2D eigenvalue weighted by Gasteiger charge is 2.24. The van der Waals surface area contributed by atoms with Crippen molar-refractivity contribution in [3.8, 4) is 0 Å². The fourth-order valence-corrected chi connectivity index (χ4v) is 2.20. The van der Waals surface area contributed by atoms with E-state index < -0.39 is 0 Å². The molecule has 0 bridgehead atoms. The summed E-state index contributed by atoms with van der Waals surface area (Å²) in [4.78, 5) is 4.29. The van der Waals surface area contributed by atoms with Crippen molar-refractivity contribution in [2.75, 3.05) is 17.2 Å². The van der Waals surface area contributed by atoms with Crippen LogP contribution in [-0.2, 0) is 0 Å². The number of pyridine rings is 1. The van der Waals surface area contributed by atoms with Gasteiger partial charge in [0.25, 0.3) is 0 Å². The van der Waals surface area contributed by atoms with Crippen molar-refractivity contribution in [2.45, 2.75) is 52.0 Å². The molecule has 2 rings (SSSR count). The Balaban J connectivity index is 1.89. The third kappa shape index (κ3) is 4.21. The number of rotatable bonds is 8. The number of anilines is 2. The molecular formula is C15H25N3. The van der Waals surface area contributed by atoms with Crippen molar-refractivity contribution in [3.63, 3.8) is 0 Å². The maximum Gasteiger partial charge on any atom is 0.0549 e. The van der Waals surface area contributed by atoms with Gasteiger partial charge >= 0.3 is 0 Å². The van der Waals surface area contributed by atoms with Crippen LogP contribution in [0, 0.1) is 5.92 Å². The quantitative estimate of drug-likeness (QED) is 0.731. The van der Waals surface area contributed by atoms with Gasteiger partial charge in [0.2, 0.25) is 0 Å². The number of hydrogen-bond acceptors (Lipinski definition) is 3. The molecule has 3 nitrogen and oxygen atoms in total. The molecule has 18 heavy (non-hydrogen) atoms. The normalized spacial score (nSPS) is 16.3. The molecule has 0 saturated heterocycles. The first-order valence-corrected chi connectivity index (χ1v) is 7.27. The smallest absolute Gasteiger partial charge is 0.0549 e. The van der Waals surface area contributed by atoms with E-state index in [2.05, 4.69) is 35.5 Å². The zero-order valence-corrected chi connectivity index (χ0v) is 11.6. The topological polar surface area (TPSA) is 37.0 Å². The lowest BCUT2D eigenvalue weighted by molar-refractivity contribution is 0.587. The molecule has 1 aliphatic rings. The lowest BCUT2D eigenvalue weighted by atomic mass is 10.1. The Morgan fingerprint density at radius 3 is 2.72 bits per heavy atom. The van der Waals surface area contributed by atoms with Gasteiger partial charge in [0.15, 0.2) is 0 Å². The molecule has 1 aromatic heterocycles. The minimum atomic E-state index is 0.598. The molecule has 1 atom stereocenters. The molecular weight excluding hydrogens is 222 g/mol. The number of nitrogens with one attached hydrogen (secondary N) is 2. The Morgan fingerprint density at radius 2 is 2.06 bits per heavy atom. The van der Waals surface area contributed by atoms with Crippen molar-refractivity contribution >= 4 is 11.4 Å². The van der Waals surface area contributed by atoms with Crippen molar-refractivity contribution in [3.05, 3.63) is 18.5 Å². The summed E-state index contributed by atoms with van der Waals surface area (Å²) in [6.07, 6.45) is 10.3. The summed E-state index contributed by atoms with van der Waals surface area (Å²) in [5.41, 5.74) is 2.26. The first-order valence-electron chi connectivity index (χ1n) is 7.27. The summed E-state index contributed by atoms with van der Waals surface area (Å²) < 4.78 is 0. The standard InChI is InChI=1S/C15H25N3/c1-3-7-17-14-9-15(11-16-10-14)18-13(4-2)8-12-5-6-12/h9-13,17-18H,3-8H2,1-2H3. The van der Waals surface area contributed by atoms with Gasteiger partial charge in [0.05, 0.1) is 23.8 Å². The van der Waals surface area contributed by atoms with Gasteiger partial charge in [-0.25, -0.2) is 0 Å². The zero-order chi connectivity index (χ0) is 12.8. The molecule has 3 heteroatoms. The molecule has 0 aliphatic heterocycles. The number of nitrogens with zero attached hydrogens (tertiary/aromatic N) is 1. The van der Waals surface area contributed by atoms with Crippen LogP contribution in [0.25, 0.3) is 0 Å². The predicted molar refractivity (Wildman–Crippen MR) is 78.1 cm³/mol. The second-order valence-electron chi connectivity index (χ2n) is 5.32. The van der Waals surface area contributed by atoms with Gasteiger partial charge < -0.3 is 10.6 Å². The summed E-state index contributed by atoms with van der Waals surface area (Å²) >= 11 is 0. The van der Waals surface area contributed by atoms with Gasteiger partial charge in [-0.3, -0.25) is 4.98 Å². The fourth-order valence-electron chi connectivity index (χ4n) is 2.20. The Kier molecular flexibility index (Phi) is 4.85. The van der Waals surface area contributed by atoms with Crippen molar-refractivity contribution < 1.29 is 0 Å². The van der Waals surface area contributed by atoms with Gasteiger partial charge in [-0.2, -0.15) is 0 Å². The van der Waals surface area contributed by atoms with E-state index in [1.54, 1.807) is 0 Å². The molecule has 1 saturated carbocycles. The predicted octanol–water partition coefficient (Wildman–Crippen LogP) is 3.89. The first-order chi connectivity index (χ1) is 8.81. The molecule has 1 aromatic rings. The van der Waals surface area contributed by atoms with Crippen LogP contribution in [0.2, 0.25) is 0 Å². The van der Waals surface area contributed by atoms with E-state index in [0.717, 1.165) is 30.3 Å². The van der Waals surface area contributed by atoms with E-state index in [1.165, 1.54) is 25.7 Å². The molecule has 0 aromatic carbocycles. The van der Waals surface area contributed by atoms with E-state index in [-0.39, 0.29) is 0 Å². The Labute approximate surface area is 110 Å². The van der Waals surface area contributed by atoms with Crippen LogP contribution in [0.1, 0.15) is 46.0 Å². The lowest BCUT2D eigenvalue weighted by Gasteiger charge is -2.18. The van der Waals surface area contributed by atoms with E-state index >= 15 is 0 Å². The summed E-state index contributed by atoms with van der Waals surface area (Å²) in [6.45, 7) is 5.43. The maximum atomic E-state index is 4.29. The average Bonchev–Trinajstić information content (AvgIpc) is 3.20. The van der Waals surface area contributed by atoms with E-state index in [1.807, 2.05) is 12.4 Å². The minimum absolute atomic E-state index is 0.598. The van der Waals surface area contributed by atoms with Crippen LogP contribution in [-0.4, -0.2) is 17.6 Å². The highest BCUT2D eigenvalue weighted by molar-refractivity contribution is 5.54.